The second-order valence-corrected chi connectivity index (χ2v) is 2.41. The van der Waals surface area contributed by atoms with E-state index in [2.05, 4.69) is 0 Å². The molecule has 0 aromatic carbocycles. The van der Waals surface area contributed by atoms with Crippen molar-refractivity contribution in [3.8, 4) is 0 Å². The van der Waals surface area contributed by atoms with Crippen molar-refractivity contribution in [1.82, 2.24) is 0 Å². The quantitative estimate of drug-likeness (QED) is 0.391. The minimum Gasteiger partial charge on any atom is -0.427 e. The molecule has 0 aliphatic carbocycles. The zero-order valence-electron chi connectivity index (χ0n) is 6.55. The molecule has 64 valence electrons. The lowest BCUT2D eigenvalue weighted by atomic mass is 9.80. The van der Waals surface area contributed by atoms with Gasteiger partial charge in [0, 0.05) is 12.9 Å². The molecule has 0 aromatic heterocycles. The second kappa shape index (κ2) is 5.29. The highest BCUT2D eigenvalue weighted by Crippen LogP contribution is 2.09. The van der Waals surface area contributed by atoms with Crippen molar-refractivity contribution in [2.24, 2.45) is 5.73 Å². The average Bonchev–Trinajstić information content (AvgIpc) is 1.98. The van der Waals surface area contributed by atoms with Crippen LogP contribution in [-0.2, 0) is 0 Å². The fourth-order valence-corrected chi connectivity index (χ4v) is 0.747. The number of hydrogen-bond acceptors (Lipinski definition) is 3. The average molecular weight is 161 g/mol. The van der Waals surface area contributed by atoms with Gasteiger partial charge in [0.1, 0.15) is 6.67 Å². The number of rotatable bonds is 4. The first-order chi connectivity index (χ1) is 5.11. The summed E-state index contributed by atoms with van der Waals surface area (Å²) in [6.07, 6.45) is 0.0340. The third-order valence-corrected chi connectivity index (χ3v) is 1.48. The van der Waals surface area contributed by atoms with Crippen LogP contribution in [0, 0.1) is 0 Å². The van der Waals surface area contributed by atoms with Crippen LogP contribution >= 0.6 is 0 Å². The van der Waals surface area contributed by atoms with Gasteiger partial charge < -0.3 is 15.8 Å². The largest absolute Gasteiger partial charge is 0.455 e. The van der Waals surface area contributed by atoms with Crippen LogP contribution in [0.1, 0.15) is 6.92 Å². The Morgan fingerprint density at radius 1 is 1.55 bits per heavy atom. The van der Waals surface area contributed by atoms with E-state index in [1.165, 1.54) is 0 Å². The molecule has 0 heterocycles. The van der Waals surface area contributed by atoms with Gasteiger partial charge in [0.25, 0.3) is 0 Å². The second-order valence-electron chi connectivity index (χ2n) is 2.41. The number of hydrogen-bond donors (Lipinski definition) is 3. The van der Waals surface area contributed by atoms with Gasteiger partial charge in [0.15, 0.2) is 0 Å². The summed E-state index contributed by atoms with van der Waals surface area (Å²) in [4.78, 5) is 0. The molecule has 0 aliphatic heterocycles. The van der Waals surface area contributed by atoms with Crippen LogP contribution in [0.5, 0.6) is 0 Å². The molecule has 11 heavy (non-hydrogen) atoms. The van der Waals surface area contributed by atoms with E-state index in [4.69, 9.17) is 15.8 Å². The Morgan fingerprint density at radius 3 is 2.36 bits per heavy atom. The first-order valence-electron chi connectivity index (χ1n) is 3.41. The third-order valence-electron chi connectivity index (χ3n) is 1.48. The van der Waals surface area contributed by atoms with Crippen molar-refractivity contribution in [2.45, 2.75) is 13.2 Å². The van der Waals surface area contributed by atoms with Gasteiger partial charge in [0.05, 0.1) is 0 Å². The Morgan fingerprint density at radius 2 is 2.09 bits per heavy atom. The summed E-state index contributed by atoms with van der Waals surface area (Å²) in [5, 5.41) is 17.1. The molecule has 0 unspecified atom stereocenters. The summed E-state index contributed by atoms with van der Waals surface area (Å²) < 4.78 is 12.0. The summed E-state index contributed by atoms with van der Waals surface area (Å²) in [5.74, 6) is 0. The van der Waals surface area contributed by atoms with Crippen LogP contribution in [0.3, 0.4) is 0 Å². The maximum absolute atomic E-state index is 12.0. The fraction of sp³-hybridized carbons (Fsp3) is 0.667. The zero-order chi connectivity index (χ0) is 8.85. The molecular formula is C6H13BFNO2. The molecule has 5 heteroatoms. The molecule has 0 amide bonds. The molecule has 3 nitrogen and oxygen atoms in total. The molecule has 0 fully saturated rings. The molecule has 0 saturated heterocycles. The highest BCUT2D eigenvalue weighted by molar-refractivity contribution is 6.42. The first-order valence-corrected chi connectivity index (χ1v) is 3.41. The van der Waals surface area contributed by atoms with Crippen molar-refractivity contribution in [3.63, 3.8) is 0 Å². The number of halogens is 1. The Balaban J connectivity index is 4.14. The minimum atomic E-state index is -1.44. The standard InChI is InChI=1S/C6H13BFNO2/c1-5(3-8)6(4-9)2-7(10)11/h10-11H,2-4,9H2,1H3. The summed E-state index contributed by atoms with van der Waals surface area (Å²) in [7, 11) is -1.44. The normalized spacial score (nSPS) is 12.8. The smallest absolute Gasteiger partial charge is 0.427 e. The topological polar surface area (TPSA) is 66.5 Å². The maximum atomic E-state index is 12.0. The monoisotopic (exact) mass is 161 g/mol. The predicted octanol–water partition coefficient (Wildman–Crippen LogP) is -0.296. The third kappa shape index (κ3) is 4.13. The highest BCUT2D eigenvalue weighted by Gasteiger charge is 2.11. The van der Waals surface area contributed by atoms with E-state index in [9.17, 15) is 4.39 Å². The number of allylic oxidation sites excluding steroid dienone is 1. The molecule has 0 radical (unpaired) electrons. The van der Waals surface area contributed by atoms with Crippen LogP contribution in [0.25, 0.3) is 0 Å². The van der Waals surface area contributed by atoms with Gasteiger partial charge >= 0.3 is 7.12 Å². The van der Waals surface area contributed by atoms with Crippen molar-refractivity contribution in [2.75, 3.05) is 13.2 Å². The zero-order valence-corrected chi connectivity index (χ0v) is 6.55. The molecule has 0 spiro atoms. The summed E-state index contributed by atoms with van der Waals surface area (Å²) in [6, 6.07) is 0. The van der Waals surface area contributed by atoms with E-state index in [1.54, 1.807) is 6.92 Å². The Labute approximate surface area is 65.9 Å². The highest BCUT2D eigenvalue weighted by atomic mass is 19.1. The van der Waals surface area contributed by atoms with Crippen molar-refractivity contribution >= 4 is 7.12 Å². The van der Waals surface area contributed by atoms with Gasteiger partial charge in [-0.2, -0.15) is 0 Å². The molecule has 0 saturated carbocycles. The molecule has 0 aliphatic rings. The maximum Gasteiger partial charge on any atom is 0.455 e. The lowest BCUT2D eigenvalue weighted by Crippen LogP contribution is -2.17. The van der Waals surface area contributed by atoms with Gasteiger partial charge in [-0.1, -0.05) is 5.57 Å². The van der Waals surface area contributed by atoms with E-state index < -0.39 is 13.8 Å². The fourth-order valence-electron chi connectivity index (χ4n) is 0.747. The SMILES string of the molecule is CC(CF)=C(CN)CB(O)O. The van der Waals surface area contributed by atoms with Crippen molar-refractivity contribution < 1.29 is 14.4 Å². The molecule has 0 atom stereocenters. The van der Waals surface area contributed by atoms with E-state index >= 15 is 0 Å². The Bertz CT molecular complexity index is 150. The van der Waals surface area contributed by atoms with E-state index in [1.807, 2.05) is 0 Å². The summed E-state index contributed by atoms with van der Waals surface area (Å²) >= 11 is 0. The molecule has 4 N–H and O–H groups in total. The Hall–Kier alpha value is -0.385. The summed E-state index contributed by atoms with van der Waals surface area (Å²) in [5.41, 5.74) is 6.31. The van der Waals surface area contributed by atoms with Crippen molar-refractivity contribution in [3.05, 3.63) is 11.1 Å². The van der Waals surface area contributed by atoms with E-state index in [0.29, 0.717) is 11.1 Å². The van der Waals surface area contributed by atoms with Gasteiger partial charge in [0.2, 0.25) is 0 Å². The van der Waals surface area contributed by atoms with E-state index in [0.717, 1.165) is 0 Å². The number of alkyl halides is 1. The van der Waals surface area contributed by atoms with Gasteiger partial charge in [-0.3, -0.25) is 0 Å². The lowest BCUT2D eigenvalue weighted by molar-refractivity contribution is 0.409. The first kappa shape index (κ1) is 10.6. The number of nitrogens with two attached hydrogens (primary N) is 1. The summed E-state index contributed by atoms with van der Waals surface area (Å²) in [6.45, 7) is 1.18. The molecule has 0 bridgehead atoms. The molecule has 0 aromatic rings. The molecule has 0 rings (SSSR count). The van der Waals surface area contributed by atoms with Crippen molar-refractivity contribution in [1.29, 1.82) is 0 Å². The molecular weight excluding hydrogens is 148 g/mol. The Kier molecular flexibility index (Phi) is 5.10. The van der Waals surface area contributed by atoms with Gasteiger partial charge in [-0.25, -0.2) is 4.39 Å². The van der Waals surface area contributed by atoms with E-state index in [-0.39, 0.29) is 12.9 Å². The van der Waals surface area contributed by atoms with Crippen LogP contribution in [0.2, 0.25) is 6.32 Å². The van der Waals surface area contributed by atoms with Crippen LogP contribution in [0.15, 0.2) is 11.1 Å². The lowest BCUT2D eigenvalue weighted by Gasteiger charge is -2.06. The predicted molar refractivity (Wildman–Crippen MR) is 42.7 cm³/mol. The van der Waals surface area contributed by atoms with Gasteiger partial charge in [-0.05, 0) is 12.5 Å². The van der Waals surface area contributed by atoms with Crippen LogP contribution in [-0.4, -0.2) is 30.4 Å². The minimum absolute atomic E-state index is 0.0340. The van der Waals surface area contributed by atoms with Gasteiger partial charge in [-0.15, -0.1) is 0 Å². The van der Waals surface area contributed by atoms with Crippen LogP contribution < -0.4 is 5.73 Å². The van der Waals surface area contributed by atoms with Crippen LogP contribution in [0.4, 0.5) is 4.39 Å².